The third-order valence-corrected chi connectivity index (χ3v) is 2.46. The fourth-order valence-electron chi connectivity index (χ4n) is 1.67. The van der Waals surface area contributed by atoms with Crippen LogP contribution in [0.1, 0.15) is 12.5 Å². The number of nitrogens with one attached hydrogen (secondary N) is 1. The summed E-state index contributed by atoms with van der Waals surface area (Å²) < 4.78 is 45.6. The molecule has 19 heavy (non-hydrogen) atoms. The van der Waals surface area contributed by atoms with Gasteiger partial charge < -0.3 is 14.8 Å². The molecule has 0 heterocycles. The maximum atomic E-state index is 12.2. The summed E-state index contributed by atoms with van der Waals surface area (Å²) >= 11 is 0. The van der Waals surface area contributed by atoms with Crippen LogP contribution in [0.5, 0.6) is 5.75 Å². The summed E-state index contributed by atoms with van der Waals surface area (Å²) in [4.78, 5) is 0. The average molecular weight is 277 g/mol. The Hall–Kier alpha value is -1.27. The highest BCUT2D eigenvalue weighted by molar-refractivity contribution is 5.33. The highest BCUT2D eigenvalue weighted by Gasteiger charge is 2.31. The minimum atomic E-state index is -4.67. The van der Waals surface area contributed by atoms with Crippen LogP contribution in [0.25, 0.3) is 0 Å². The number of methoxy groups -OCH3 is 1. The molecule has 0 radical (unpaired) electrons. The van der Waals surface area contributed by atoms with Gasteiger partial charge >= 0.3 is 6.36 Å². The Morgan fingerprint density at radius 3 is 2.58 bits per heavy atom. The molecule has 0 aliphatic carbocycles. The second-order valence-electron chi connectivity index (χ2n) is 4.35. The second kappa shape index (κ2) is 7.35. The van der Waals surface area contributed by atoms with Gasteiger partial charge in [0.15, 0.2) is 0 Å². The molecule has 6 heteroatoms. The van der Waals surface area contributed by atoms with Crippen molar-refractivity contribution in [1.29, 1.82) is 0 Å². The van der Waals surface area contributed by atoms with Crippen LogP contribution in [-0.4, -0.2) is 26.6 Å². The van der Waals surface area contributed by atoms with E-state index in [0.29, 0.717) is 31.2 Å². The van der Waals surface area contributed by atoms with E-state index in [1.807, 2.05) is 6.92 Å². The number of para-hydroxylation sites is 1. The van der Waals surface area contributed by atoms with Gasteiger partial charge in [0, 0.05) is 32.4 Å². The maximum Gasteiger partial charge on any atom is 0.573 e. The molecule has 1 aromatic carbocycles. The first-order chi connectivity index (χ1) is 8.92. The Balaban J connectivity index is 2.53. The summed E-state index contributed by atoms with van der Waals surface area (Å²) in [6.07, 6.45) is -4.67. The number of halogens is 3. The number of hydrogen-bond donors (Lipinski definition) is 1. The van der Waals surface area contributed by atoms with Crippen LogP contribution >= 0.6 is 0 Å². The van der Waals surface area contributed by atoms with Gasteiger partial charge in [-0.25, -0.2) is 0 Å². The first-order valence-electron chi connectivity index (χ1n) is 5.95. The molecule has 0 bridgehead atoms. The van der Waals surface area contributed by atoms with E-state index >= 15 is 0 Å². The monoisotopic (exact) mass is 277 g/mol. The summed E-state index contributed by atoms with van der Waals surface area (Å²) in [7, 11) is 1.61. The standard InChI is InChI=1S/C13H18F3NO2/c1-10(9-18-2)7-17-8-11-5-3-4-6-12(11)19-13(14,15)16/h3-6,10,17H,7-9H2,1-2H3. The molecule has 108 valence electrons. The van der Waals surface area contributed by atoms with E-state index in [-0.39, 0.29) is 5.75 Å². The van der Waals surface area contributed by atoms with Crippen LogP contribution in [0.4, 0.5) is 13.2 Å². The summed E-state index contributed by atoms with van der Waals surface area (Å²) in [5, 5.41) is 3.09. The molecule has 0 aliphatic rings. The van der Waals surface area contributed by atoms with Crippen LogP contribution < -0.4 is 10.1 Å². The van der Waals surface area contributed by atoms with Crippen molar-refractivity contribution in [2.45, 2.75) is 19.8 Å². The van der Waals surface area contributed by atoms with E-state index < -0.39 is 6.36 Å². The molecule has 0 fully saturated rings. The van der Waals surface area contributed by atoms with Gasteiger partial charge in [-0.2, -0.15) is 0 Å². The summed E-state index contributed by atoms with van der Waals surface area (Å²) in [5.74, 6) is 0.127. The SMILES string of the molecule is COCC(C)CNCc1ccccc1OC(F)(F)F. The zero-order chi connectivity index (χ0) is 14.3. The fraction of sp³-hybridized carbons (Fsp3) is 0.538. The number of alkyl halides is 3. The number of ether oxygens (including phenoxy) is 2. The molecule has 0 saturated heterocycles. The first kappa shape index (κ1) is 15.8. The van der Waals surface area contributed by atoms with Gasteiger partial charge in [-0.15, -0.1) is 13.2 Å². The Morgan fingerprint density at radius 2 is 1.95 bits per heavy atom. The molecule has 0 aromatic heterocycles. The van der Waals surface area contributed by atoms with E-state index in [2.05, 4.69) is 10.1 Å². The third kappa shape index (κ3) is 6.45. The van der Waals surface area contributed by atoms with Gasteiger partial charge in [0.1, 0.15) is 5.75 Å². The van der Waals surface area contributed by atoms with Gasteiger partial charge in [-0.05, 0) is 12.0 Å². The Morgan fingerprint density at radius 1 is 1.26 bits per heavy atom. The fourth-order valence-corrected chi connectivity index (χ4v) is 1.67. The largest absolute Gasteiger partial charge is 0.573 e. The zero-order valence-electron chi connectivity index (χ0n) is 11.0. The molecule has 0 amide bonds. The summed E-state index contributed by atoms with van der Waals surface area (Å²) in [6.45, 7) is 3.58. The van der Waals surface area contributed by atoms with Crippen molar-refractivity contribution >= 4 is 0 Å². The summed E-state index contributed by atoms with van der Waals surface area (Å²) in [6, 6.07) is 6.11. The quantitative estimate of drug-likeness (QED) is 0.831. The van der Waals surface area contributed by atoms with Gasteiger partial charge in [-0.3, -0.25) is 0 Å². The molecule has 1 N–H and O–H groups in total. The number of benzene rings is 1. The molecular weight excluding hydrogens is 259 g/mol. The minimum absolute atomic E-state index is 0.165. The van der Waals surface area contributed by atoms with Crippen LogP contribution in [0, 0.1) is 5.92 Å². The van der Waals surface area contributed by atoms with Crippen molar-refractivity contribution in [3.63, 3.8) is 0 Å². The molecule has 1 atom stereocenters. The molecule has 0 spiro atoms. The highest BCUT2D eigenvalue weighted by Crippen LogP contribution is 2.26. The molecule has 3 nitrogen and oxygen atoms in total. The number of rotatable bonds is 7. The average Bonchev–Trinajstić information content (AvgIpc) is 2.30. The topological polar surface area (TPSA) is 30.5 Å². The number of hydrogen-bond acceptors (Lipinski definition) is 3. The molecule has 1 aromatic rings. The Bertz CT molecular complexity index is 382. The van der Waals surface area contributed by atoms with Crippen molar-refractivity contribution in [3.8, 4) is 5.75 Å². The van der Waals surface area contributed by atoms with Crippen LogP contribution in [0.2, 0.25) is 0 Å². The van der Waals surface area contributed by atoms with Crippen molar-refractivity contribution in [2.75, 3.05) is 20.3 Å². The lowest BCUT2D eigenvalue weighted by molar-refractivity contribution is -0.274. The summed E-state index contributed by atoms with van der Waals surface area (Å²) in [5.41, 5.74) is 0.476. The van der Waals surface area contributed by atoms with Crippen molar-refractivity contribution in [2.24, 2.45) is 5.92 Å². The van der Waals surface area contributed by atoms with Gasteiger partial charge in [0.05, 0.1) is 0 Å². The zero-order valence-corrected chi connectivity index (χ0v) is 11.0. The predicted octanol–water partition coefficient (Wildman–Crippen LogP) is 2.96. The lowest BCUT2D eigenvalue weighted by Gasteiger charge is -2.15. The molecule has 1 unspecified atom stereocenters. The van der Waals surface area contributed by atoms with Gasteiger partial charge in [0.2, 0.25) is 0 Å². The van der Waals surface area contributed by atoms with Gasteiger partial charge in [-0.1, -0.05) is 25.1 Å². The van der Waals surface area contributed by atoms with Crippen LogP contribution in [-0.2, 0) is 11.3 Å². The lowest BCUT2D eigenvalue weighted by Crippen LogP contribution is -2.24. The van der Waals surface area contributed by atoms with Crippen LogP contribution in [0.3, 0.4) is 0 Å². The molecule has 1 rings (SSSR count). The molecule has 0 aliphatic heterocycles. The van der Waals surface area contributed by atoms with Crippen molar-refractivity contribution < 1.29 is 22.6 Å². The first-order valence-corrected chi connectivity index (χ1v) is 5.95. The van der Waals surface area contributed by atoms with Crippen molar-refractivity contribution in [1.82, 2.24) is 5.32 Å². The third-order valence-electron chi connectivity index (χ3n) is 2.46. The van der Waals surface area contributed by atoms with E-state index in [4.69, 9.17) is 4.74 Å². The normalized spacial score (nSPS) is 13.3. The van der Waals surface area contributed by atoms with Gasteiger partial charge in [0.25, 0.3) is 0 Å². The van der Waals surface area contributed by atoms with E-state index in [0.717, 1.165) is 0 Å². The predicted molar refractivity (Wildman–Crippen MR) is 65.9 cm³/mol. The Labute approximate surface area is 110 Å². The highest BCUT2D eigenvalue weighted by atomic mass is 19.4. The Kier molecular flexibility index (Phi) is 6.11. The smallest absolute Gasteiger partial charge is 0.405 e. The van der Waals surface area contributed by atoms with Crippen LogP contribution in [0.15, 0.2) is 24.3 Å². The molecule has 0 saturated carbocycles. The lowest BCUT2D eigenvalue weighted by atomic mass is 10.1. The molecular formula is C13H18F3NO2. The minimum Gasteiger partial charge on any atom is -0.405 e. The van der Waals surface area contributed by atoms with E-state index in [9.17, 15) is 13.2 Å². The van der Waals surface area contributed by atoms with E-state index in [1.54, 1.807) is 19.2 Å². The van der Waals surface area contributed by atoms with Crippen molar-refractivity contribution in [3.05, 3.63) is 29.8 Å². The van der Waals surface area contributed by atoms with E-state index in [1.165, 1.54) is 12.1 Å². The second-order valence-corrected chi connectivity index (χ2v) is 4.35. The maximum absolute atomic E-state index is 12.2.